The van der Waals surface area contributed by atoms with Crippen molar-refractivity contribution in [1.82, 2.24) is 10.3 Å². The number of amides is 1. The molecule has 0 aromatic carbocycles. The summed E-state index contributed by atoms with van der Waals surface area (Å²) in [5.74, 6) is 1.24. The smallest absolute Gasteiger partial charge is 0.253 e. The van der Waals surface area contributed by atoms with Crippen LogP contribution in [0.2, 0.25) is 0 Å². The first kappa shape index (κ1) is 14.5. The molecular weight excluding hydrogens is 226 g/mol. The monoisotopic (exact) mass is 249 g/mol. The highest BCUT2D eigenvalue weighted by Crippen LogP contribution is 2.13. The molecule has 0 saturated heterocycles. The lowest BCUT2D eigenvalue weighted by Gasteiger charge is -2.22. The normalized spacial score (nSPS) is 12.3. The zero-order chi connectivity index (χ0) is 13.5. The van der Waals surface area contributed by atoms with Gasteiger partial charge in [-0.25, -0.2) is 4.98 Å². The van der Waals surface area contributed by atoms with Crippen molar-refractivity contribution in [2.75, 3.05) is 12.4 Å². The molecule has 1 atom stereocenters. The number of anilines is 1. The Morgan fingerprint density at radius 2 is 2.00 bits per heavy atom. The van der Waals surface area contributed by atoms with E-state index < -0.39 is 0 Å². The number of carbonyl (C=O) groups is 1. The summed E-state index contributed by atoms with van der Waals surface area (Å²) in [6.45, 7) is 6.37. The van der Waals surface area contributed by atoms with Gasteiger partial charge in [0.2, 0.25) is 0 Å². The van der Waals surface area contributed by atoms with Crippen LogP contribution < -0.4 is 10.6 Å². The fourth-order valence-corrected chi connectivity index (χ4v) is 2.08. The van der Waals surface area contributed by atoms with Gasteiger partial charge >= 0.3 is 0 Å². The summed E-state index contributed by atoms with van der Waals surface area (Å²) < 4.78 is 0. The second kappa shape index (κ2) is 6.99. The van der Waals surface area contributed by atoms with E-state index in [0.29, 0.717) is 11.5 Å². The Balaban J connectivity index is 2.64. The lowest BCUT2D eigenvalue weighted by atomic mass is 9.95. The van der Waals surface area contributed by atoms with Crippen molar-refractivity contribution in [1.29, 1.82) is 0 Å². The lowest BCUT2D eigenvalue weighted by molar-refractivity contribution is 0.0925. The molecule has 1 aromatic rings. The van der Waals surface area contributed by atoms with Crippen LogP contribution in [-0.4, -0.2) is 24.0 Å². The first-order valence-corrected chi connectivity index (χ1v) is 6.57. The summed E-state index contributed by atoms with van der Waals surface area (Å²) in [5.41, 5.74) is 0.604. The summed E-state index contributed by atoms with van der Waals surface area (Å²) in [4.78, 5) is 16.2. The molecule has 0 aliphatic heterocycles. The molecule has 0 aliphatic carbocycles. The fraction of sp³-hybridized carbons (Fsp3) is 0.571. The SMILES string of the molecule is CCC(CC)C(C)NC(=O)c1ccc(NC)nc1. The molecule has 1 aromatic heterocycles. The first-order valence-electron chi connectivity index (χ1n) is 6.57. The van der Waals surface area contributed by atoms with Gasteiger partial charge in [0.25, 0.3) is 5.91 Å². The molecule has 1 heterocycles. The Morgan fingerprint density at radius 1 is 1.33 bits per heavy atom. The number of rotatable bonds is 6. The van der Waals surface area contributed by atoms with Crippen LogP contribution in [0.5, 0.6) is 0 Å². The van der Waals surface area contributed by atoms with Gasteiger partial charge in [-0.1, -0.05) is 26.7 Å². The summed E-state index contributed by atoms with van der Waals surface area (Å²) in [7, 11) is 1.80. The molecule has 0 saturated carbocycles. The Hall–Kier alpha value is -1.58. The van der Waals surface area contributed by atoms with Crippen molar-refractivity contribution in [2.45, 2.75) is 39.7 Å². The van der Waals surface area contributed by atoms with Crippen molar-refractivity contribution in [3.05, 3.63) is 23.9 Å². The zero-order valence-electron chi connectivity index (χ0n) is 11.7. The molecule has 2 N–H and O–H groups in total. The standard InChI is InChI=1S/C14H23N3O/c1-5-11(6-2)10(3)17-14(18)12-7-8-13(15-4)16-9-12/h7-11H,5-6H2,1-4H3,(H,15,16)(H,17,18). The van der Waals surface area contributed by atoms with Crippen molar-refractivity contribution < 1.29 is 4.79 Å². The van der Waals surface area contributed by atoms with Crippen molar-refractivity contribution in [2.24, 2.45) is 5.92 Å². The number of aromatic nitrogens is 1. The number of hydrogen-bond donors (Lipinski definition) is 2. The number of carbonyl (C=O) groups excluding carboxylic acids is 1. The van der Waals surface area contributed by atoms with E-state index in [0.717, 1.165) is 18.7 Å². The van der Waals surface area contributed by atoms with E-state index in [4.69, 9.17) is 0 Å². The quantitative estimate of drug-likeness (QED) is 0.815. The molecule has 0 fully saturated rings. The van der Waals surface area contributed by atoms with Crippen LogP contribution in [0.15, 0.2) is 18.3 Å². The molecule has 0 spiro atoms. The van der Waals surface area contributed by atoms with E-state index in [1.54, 1.807) is 25.4 Å². The van der Waals surface area contributed by atoms with Crippen LogP contribution in [0.4, 0.5) is 5.82 Å². The molecule has 18 heavy (non-hydrogen) atoms. The van der Waals surface area contributed by atoms with Crippen LogP contribution in [0.3, 0.4) is 0 Å². The van der Waals surface area contributed by atoms with Crippen LogP contribution >= 0.6 is 0 Å². The van der Waals surface area contributed by atoms with E-state index in [2.05, 4.69) is 36.4 Å². The van der Waals surface area contributed by atoms with Crippen LogP contribution in [-0.2, 0) is 0 Å². The minimum atomic E-state index is -0.0513. The first-order chi connectivity index (χ1) is 8.62. The number of nitrogens with zero attached hydrogens (tertiary/aromatic N) is 1. The van der Waals surface area contributed by atoms with E-state index in [-0.39, 0.29) is 11.9 Å². The van der Waals surface area contributed by atoms with Gasteiger partial charge in [-0.15, -0.1) is 0 Å². The third-order valence-corrected chi connectivity index (χ3v) is 3.40. The van der Waals surface area contributed by atoms with Crippen LogP contribution in [0.1, 0.15) is 44.0 Å². The third kappa shape index (κ3) is 3.72. The minimum Gasteiger partial charge on any atom is -0.373 e. The molecular formula is C14H23N3O. The third-order valence-electron chi connectivity index (χ3n) is 3.40. The summed E-state index contributed by atoms with van der Waals surface area (Å²) in [5, 5.41) is 5.96. The van der Waals surface area contributed by atoms with Gasteiger partial charge in [0.1, 0.15) is 5.82 Å². The van der Waals surface area contributed by atoms with E-state index in [1.807, 2.05) is 0 Å². The summed E-state index contributed by atoms with van der Waals surface area (Å²) in [6.07, 6.45) is 3.75. The summed E-state index contributed by atoms with van der Waals surface area (Å²) in [6, 6.07) is 3.78. The average molecular weight is 249 g/mol. The fourth-order valence-electron chi connectivity index (χ4n) is 2.08. The Labute approximate surface area is 109 Å². The van der Waals surface area contributed by atoms with Gasteiger partial charge in [-0.05, 0) is 25.0 Å². The van der Waals surface area contributed by atoms with Gasteiger partial charge in [0, 0.05) is 19.3 Å². The van der Waals surface area contributed by atoms with Gasteiger partial charge in [-0.2, -0.15) is 0 Å². The van der Waals surface area contributed by atoms with Gasteiger partial charge in [-0.3, -0.25) is 4.79 Å². The molecule has 1 amide bonds. The molecule has 1 unspecified atom stereocenters. The Bertz CT molecular complexity index is 371. The van der Waals surface area contributed by atoms with Crippen molar-refractivity contribution in [3.8, 4) is 0 Å². The second-order valence-electron chi connectivity index (χ2n) is 4.52. The van der Waals surface area contributed by atoms with Gasteiger partial charge < -0.3 is 10.6 Å². The zero-order valence-corrected chi connectivity index (χ0v) is 11.7. The Morgan fingerprint density at radius 3 is 2.44 bits per heavy atom. The van der Waals surface area contributed by atoms with Crippen molar-refractivity contribution in [3.63, 3.8) is 0 Å². The topological polar surface area (TPSA) is 54.0 Å². The van der Waals surface area contributed by atoms with Crippen molar-refractivity contribution >= 4 is 11.7 Å². The van der Waals surface area contributed by atoms with Gasteiger partial charge in [0.05, 0.1) is 5.56 Å². The molecule has 100 valence electrons. The highest BCUT2D eigenvalue weighted by molar-refractivity contribution is 5.94. The maximum Gasteiger partial charge on any atom is 0.253 e. The number of pyridine rings is 1. The highest BCUT2D eigenvalue weighted by Gasteiger charge is 2.16. The maximum atomic E-state index is 12.0. The average Bonchev–Trinajstić information content (AvgIpc) is 2.40. The molecule has 0 radical (unpaired) electrons. The molecule has 4 heteroatoms. The largest absolute Gasteiger partial charge is 0.373 e. The molecule has 0 bridgehead atoms. The van der Waals surface area contributed by atoms with Crippen LogP contribution in [0, 0.1) is 5.92 Å². The number of nitrogens with one attached hydrogen (secondary N) is 2. The van der Waals surface area contributed by atoms with E-state index in [9.17, 15) is 4.79 Å². The predicted octanol–water partition coefficient (Wildman–Crippen LogP) is 2.68. The lowest BCUT2D eigenvalue weighted by Crippen LogP contribution is -2.37. The predicted molar refractivity (Wildman–Crippen MR) is 74.8 cm³/mol. The van der Waals surface area contributed by atoms with Gasteiger partial charge in [0.15, 0.2) is 0 Å². The van der Waals surface area contributed by atoms with Crippen LogP contribution in [0.25, 0.3) is 0 Å². The summed E-state index contributed by atoms with van der Waals surface area (Å²) >= 11 is 0. The molecule has 0 aliphatic rings. The maximum absolute atomic E-state index is 12.0. The molecule has 1 rings (SSSR count). The second-order valence-corrected chi connectivity index (χ2v) is 4.52. The van der Waals surface area contributed by atoms with E-state index >= 15 is 0 Å². The molecule has 4 nitrogen and oxygen atoms in total. The van der Waals surface area contributed by atoms with E-state index in [1.165, 1.54) is 0 Å². The minimum absolute atomic E-state index is 0.0513. The highest BCUT2D eigenvalue weighted by atomic mass is 16.1. The number of hydrogen-bond acceptors (Lipinski definition) is 3. The Kier molecular flexibility index (Phi) is 5.62.